The van der Waals surface area contributed by atoms with Gasteiger partial charge in [-0.25, -0.2) is 9.78 Å². The highest BCUT2D eigenvalue weighted by Gasteiger charge is 2.17. The number of amides is 1. The third kappa shape index (κ3) is 5.44. The maximum absolute atomic E-state index is 11.7. The number of carbonyl (C=O) groups excluding carboxylic acids is 1. The molecule has 1 rings (SSSR count). The molecular weight excluding hydrogens is 256 g/mol. The minimum atomic E-state index is -0.526. The second kappa shape index (κ2) is 6.56. The molecule has 0 spiro atoms. The van der Waals surface area contributed by atoms with Crippen molar-refractivity contribution in [3.05, 3.63) is 17.8 Å². The van der Waals surface area contributed by atoms with E-state index in [0.717, 1.165) is 11.4 Å². The summed E-state index contributed by atoms with van der Waals surface area (Å²) in [4.78, 5) is 18.2. The molecule has 1 aromatic heterocycles. The van der Waals surface area contributed by atoms with E-state index in [1.165, 1.54) is 0 Å². The van der Waals surface area contributed by atoms with Crippen LogP contribution < -0.4 is 10.6 Å². The molecule has 1 aromatic rings. The van der Waals surface area contributed by atoms with Crippen LogP contribution in [-0.4, -0.2) is 42.7 Å². The van der Waals surface area contributed by atoms with Gasteiger partial charge in [-0.2, -0.15) is 0 Å². The van der Waals surface area contributed by atoms with Crippen LogP contribution >= 0.6 is 0 Å². The smallest absolute Gasteiger partial charge is 0.413 e. The molecule has 1 amide bonds. The molecule has 6 heteroatoms. The Hall–Kier alpha value is -1.82. The summed E-state index contributed by atoms with van der Waals surface area (Å²) in [6.07, 6.45) is -0.502. The lowest BCUT2D eigenvalue weighted by Crippen LogP contribution is -2.27. The van der Waals surface area contributed by atoms with Crippen LogP contribution in [0.25, 0.3) is 0 Å². The average Bonchev–Trinajstić information content (AvgIpc) is 2.25. The predicted molar refractivity (Wildman–Crippen MR) is 81.0 cm³/mol. The van der Waals surface area contributed by atoms with E-state index in [9.17, 15) is 4.79 Å². The second-order valence-electron chi connectivity index (χ2n) is 5.81. The van der Waals surface area contributed by atoms with Crippen molar-refractivity contribution in [2.45, 2.75) is 32.9 Å². The van der Waals surface area contributed by atoms with Crippen LogP contribution in [0, 0.1) is 0 Å². The average molecular weight is 280 g/mol. The van der Waals surface area contributed by atoms with Gasteiger partial charge in [-0.3, -0.25) is 5.32 Å². The van der Waals surface area contributed by atoms with E-state index < -0.39 is 11.7 Å². The zero-order valence-electron chi connectivity index (χ0n) is 13.1. The Balaban J connectivity index is 2.83. The van der Waals surface area contributed by atoms with Crippen LogP contribution in [0.3, 0.4) is 0 Å². The van der Waals surface area contributed by atoms with Crippen molar-refractivity contribution in [1.29, 1.82) is 0 Å². The number of carbonyl (C=O) groups is 1. The van der Waals surface area contributed by atoms with Gasteiger partial charge in [-0.15, -0.1) is 0 Å². The number of rotatable bonds is 4. The summed E-state index contributed by atoms with van der Waals surface area (Å²) >= 11 is 0. The monoisotopic (exact) mass is 280 g/mol. The number of aromatic nitrogens is 1. The van der Waals surface area contributed by atoms with Gasteiger partial charge in [0.2, 0.25) is 0 Å². The lowest BCUT2D eigenvalue weighted by atomic mass is 10.2. The number of anilines is 2. The van der Waals surface area contributed by atoms with E-state index in [1.54, 1.807) is 6.07 Å². The van der Waals surface area contributed by atoms with Crippen molar-refractivity contribution in [2.75, 3.05) is 31.8 Å². The predicted octanol–water partition coefficient (Wildman–Crippen LogP) is 2.53. The Morgan fingerprint density at radius 2 is 2.00 bits per heavy atom. The zero-order valence-corrected chi connectivity index (χ0v) is 13.1. The number of nitrogens with one attached hydrogen (secondary N) is 2. The number of pyridine rings is 1. The molecule has 1 heterocycles. The lowest BCUT2D eigenvalue weighted by molar-refractivity contribution is 0.0635. The maximum atomic E-state index is 11.7. The van der Waals surface area contributed by atoms with Crippen LogP contribution in [0.4, 0.5) is 16.3 Å². The molecule has 0 saturated carbocycles. The summed E-state index contributed by atoms with van der Waals surface area (Å²) in [7, 11) is 5.78. The third-order valence-electron chi connectivity index (χ3n) is 2.34. The topological polar surface area (TPSA) is 66.5 Å². The first-order chi connectivity index (χ1) is 9.21. The van der Waals surface area contributed by atoms with Crippen LogP contribution in [0.2, 0.25) is 0 Å². The lowest BCUT2D eigenvalue weighted by Gasteiger charge is -2.20. The van der Waals surface area contributed by atoms with Crippen molar-refractivity contribution in [1.82, 2.24) is 9.88 Å². The summed E-state index contributed by atoms with van der Waals surface area (Å²) in [6, 6.07) is 3.63. The molecule has 0 bridgehead atoms. The Bertz CT molecular complexity index is 467. The summed E-state index contributed by atoms with van der Waals surface area (Å²) in [5, 5.41) is 5.73. The maximum Gasteiger partial charge on any atom is 0.413 e. The molecule has 6 nitrogen and oxygen atoms in total. The first-order valence-electron chi connectivity index (χ1n) is 6.53. The van der Waals surface area contributed by atoms with Crippen molar-refractivity contribution < 1.29 is 9.53 Å². The van der Waals surface area contributed by atoms with Gasteiger partial charge in [0, 0.05) is 13.6 Å². The third-order valence-corrected chi connectivity index (χ3v) is 2.34. The number of hydrogen-bond acceptors (Lipinski definition) is 5. The Kier molecular flexibility index (Phi) is 5.33. The first-order valence-corrected chi connectivity index (χ1v) is 6.53. The molecular formula is C14H24N4O2. The fourth-order valence-corrected chi connectivity index (χ4v) is 1.63. The fourth-order valence-electron chi connectivity index (χ4n) is 1.63. The first kappa shape index (κ1) is 16.2. The molecule has 0 aliphatic rings. The van der Waals surface area contributed by atoms with E-state index in [4.69, 9.17) is 4.74 Å². The van der Waals surface area contributed by atoms with Gasteiger partial charge in [-0.1, -0.05) is 0 Å². The van der Waals surface area contributed by atoms with Gasteiger partial charge in [0.15, 0.2) is 0 Å². The molecule has 0 aromatic carbocycles. The Morgan fingerprint density at radius 3 is 2.50 bits per heavy atom. The van der Waals surface area contributed by atoms with Crippen molar-refractivity contribution in [3.8, 4) is 0 Å². The van der Waals surface area contributed by atoms with Gasteiger partial charge in [0.1, 0.15) is 11.4 Å². The minimum absolute atomic E-state index is 0.482. The zero-order chi connectivity index (χ0) is 15.3. The highest BCUT2D eigenvalue weighted by Crippen LogP contribution is 2.18. The van der Waals surface area contributed by atoms with Gasteiger partial charge >= 0.3 is 6.09 Å². The van der Waals surface area contributed by atoms with Gasteiger partial charge in [-0.05, 0) is 47.0 Å². The van der Waals surface area contributed by atoms with E-state index in [0.29, 0.717) is 12.4 Å². The molecule has 0 fully saturated rings. The second-order valence-corrected chi connectivity index (χ2v) is 5.81. The Morgan fingerprint density at radius 1 is 1.35 bits per heavy atom. The molecule has 0 unspecified atom stereocenters. The molecule has 0 aliphatic heterocycles. The van der Waals surface area contributed by atoms with E-state index in [2.05, 4.69) is 15.6 Å². The molecule has 0 saturated heterocycles. The van der Waals surface area contributed by atoms with Crippen molar-refractivity contribution >= 4 is 17.6 Å². The van der Waals surface area contributed by atoms with Crippen molar-refractivity contribution in [3.63, 3.8) is 0 Å². The minimum Gasteiger partial charge on any atom is -0.444 e. The van der Waals surface area contributed by atoms with Crippen LogP contribution in [-0.2, 0) is 11.3 Å². The van der Waals surface area contributed by atoms with E-state index in [-0.39, 0.29) is 0 Å². The molecule has 0 radical (unpaired) electrons. The van der Waals surface area contributed by atoms with Gasteiger partial charge in [0.05, 0.1) is 11.4 Å². The number of nitrogens with zero attached hydrogens (tertiary/aromatic N) is 2. The summed E-state index contributed by atoms with van der Waals surface area (Å²) < 4.78 is 5.20. The normalized spacial score (nSPS) is 11.3. The highest BCUT2D eigenvalue weighted by atomic mass is 16.6. The van der Waals surface area contributed by atoms with Crippen molar-refractivity contribution in [2.24, 2.45) is 0 Å². The largest absolute Gasteiger partial charge is 0.444 e. The summed E-state index contributed by atoms with van der Waals surface area (Å²) in [5.74, 6) is 0.482. The quantitative estimate of drug-likeness (QED) is 0.887. The molecule has 112 valence electrons. The number of ether oxygens (including phenoxy) is 1. The number of hydrogen-bond donors (Lipinski definition) is 2. The van der Waals surface area contributed by atoms with Crippen LogP contribution in [0.5, 0.6) is 0 Å². The Labute approximate surface area is 120 Å². The SMILES string of the molecule is CNc1ccc(NC(=O)OC(C)(C)C)nc1CN(C)C. The molecule has 0 aliphatic carbocycles. The molecule has 0 atom stereocenters. The molecule has 2 N–H and O–H groups in total. The highest BCUT2D eigenvalue weighted by molar-refractivity contribution is 5.83. The van der Waals surface area contributed by atoms with Crippen LogP contribution in [0.15, 0.2) is 12.1 Å². The summed E-state index contributed by atoms with van der Waals surface area (Å²) in [6.45, 7) is 6.14. The van der Waals surface area contributed by atoms with Gasteiger partial charge in [0.25, 0.3) is 0 Å². The fraction of sp³-hybridized carbons (Fsp3) is 0.571. The van der Waals surface area contributed by atoms with Crippen LogP contribution in [0.1, 0.15) is 26.5 Å². The van der Waals surface area contributed by atoms with E-state index >= 15 is 0 Å². The molecule has 20 heavy (non-hydrogen) atoms. The standard InChI is InChI=1S/C14H24N4O2/c1-14(2,3)20-13(19)17-12-8-7-10(15-4)11(16-12)9-18(5)6/h7-8,15H,9H2,1-6H3,(H,16,17,19). The van der Waals surface area contributed by atoms with Gasteiger partial charge < -0.3 is 15.0 Å². The summed E-state index contributed by atoms with van der Waals surface area (Å²) in [5.41, 5.74) is 1.28. The van der Waals surface area contributed by atoms with E-state index in [1.807, 2.05) is 52.9 Å².